The van der Waals surface area contributed by atoms with Crippen LogP contribution in [0.4, 0.5) is 0 Å². The van der Waals surface area contributed by atoms with Crippen molar-refractivity contribution in [3.05, 3.63) is 48.5 Å². The van der Waals surface area contributed by atoms with Gasteiger partial charge >= 0.3 is 0 Å². The molecule has 0 atom stereocenters. The van der Waals surface area contributed by atoms with Gasteiger partial charge in [-0.1, -0.05) is 18.2 Å². The summed E-state index contributed by atoms with van der Waals surface area (Å²) in [5.74, 6) is 0. The van der Waals surface area contributed by atoms with E-state index in [0.717, 1.165) is 16.6 Å². The van der Waals surface area contributed by atoms with Crippen LogP contribution >= 0.6 is 0 Å². The number of benzene rings is 1. The van der Waals surface area contributed by atoms with Crippen LogP contribution < -0.4 is 0 Å². The highest BCUT2D eigenvalue weighted by Gasteiger charge is 2.05. The quantitative estimate of drug-likeness (QED) is 0.635. The highest BCUT2D eigenvalue weighted by atomic mass is 15.2. The van der Waals surface area contributed by atoms with Crippen molar-refractivity contribution in [2.24, 2.45) is 7.05 Å². The first-order chi connectivity index (χ1) is 8.24. The lowest BCUT2D eigenvalue weighted by Crippen LogP contribution is -1.85. The molecule has 3 nitrogen and oxygen atoms in total. The van der Waals surface area contributed by atoms with Crippen molar-refractivity contribution < 1.29 is 0 Å². The van der Waals surface area contributed by atoms with Crippen LogP contribution in [0.2, 0.25) is 0 Å². The Morgan fingerprint density at radius 2 is 2.06 bits per heavy atom. The molecule has 0 aliphatic carbocycles. The highest BCUT2D eigenvalue weighted by molar-refractivity contribution is 5.96. The van der Waals surface area contributed by atoms with E-state index < -0.39 is 0 Å². The highest BCUT2D eigenvalue weighted by Crippen LogP contribution is 2.28. The molecule has 0 aliphatic heterocycles. The summed E-state index contributed by atoms with van der Waals surface area (Å²) in [5, 5.41) is 6.62. The normalized spacial score (nSPS) is 10.9. The maximum Gasteiger partial charge on any atom is 0.0568 e. The third kappa shape index (κ3) is 1.69. The number of pyridine rings is 1. The van der Waals surface area contributed by atoms with Crippen molar-refractivity contribution in [2.45, 2.75) is 6.92 Å². The zero-order chi connectivity index (χ0) is 11.8. The second-order valence-corrected chi connectivity index (χ2v) is 4.26. The first-order valence-corrected chi connectivity index (χ1v) is 5.58. The first-order valence-electron chi connectivity index (χ1n) is 5.58. The molecule has 0 fully saturated rings. The van der Waals surface area contributed by atoms with Gasteiger partial charge in [-0.05, 0) is 23.9 Å². The second-order valence-electron chi connectivity index (χ2n) is 4.26. The lowest BCUT2D eigenvalue weighted by Gasteiger charge is -2.04. The molecule has 0 bridgehead atoms. The Hall–Kier alpha value is -2.16. The predicted octanol–water partition coefficient (Wildman–Crippen LogP) is 2.94. The molecule has 2 heterocycles. The van der Waals surface area contributed by atoms with Crippen LogP contribution in [0.15, 0.2) is 42.9 Å². The molecule has 3 rings (SSSR count). The summed E-state index contributed by atoms with van der Waals surface area (Å²) >= 11 is 0. The summed E-state index contributed by atoms with van der Waals surface area (Å²) in [6, 6.07) is 8.39. The van der Waals surface area contributed by atoms with Crippen LogP contribution in [0.3, 0.4) is 0 Å². The van der Waals surface area contributed by atoms with Gasteiger partial charge in [-0.2, -0.15) is 5.10 Å². The van der Waals surface area contributed by atoms with E-state index in [0.29, 0.717) is 0 Å². The summed E-state index contributed by atoms with van der Waals surface area (Å²) in [7, 11) is 1.93. The molecule has 0 amide bonds. The SMILES string of the molecule is Cc1cc2c(-c3cnn(C)c3)cccc2cn1. The molecule has 17 heavy (non-hydrogen) atoms. The lowest BCUT2D eigenvalue weighted by atomic mass is 10.0. The van der Waals surface area contributed by atoms with E-state index in [9.17, 15) is 0 Å². The molecule has 2 aromatic heterocycles. The monoisotopic (exact) mass is 223 g/mol. The average molecular weight is 223 g/mol. The van der Waals surface area contributed by atoms with Crippen LogP contribution in [0, 0.1) is 6.92 Å². The van der Waals surface area contributed by atoms with Crippen LogP contribution in [-0.2, 0) is 7.05 Å². The molecule has 0 unspecified atom stereocenters. The standard InChI is InChI=1S/C14H13N3/c1-10-6-14-11(7-15-10)4-3-5-13(14)12-8-16-17(2)9-12/h3-9H,1-2H3. The zero-order valence-electron chi connectivity index (χ0n) is 9.88. The van der Waals surface area contributed by atoms with Crippen molar-refractivity contribution in [3.63, 3.8) is 0 Å². The Labute approximate surface area is 99.7 Å². The fraction of sp³-hybridized carbons (Fsp3) is 0.143. The Morgan fingerprint density at radius 3 is 2.82 bits per heavy atom. The summed E-state index contributed by atoms with van der Waals surface area (Å²) < 4.78 is 1.82. The minimum atomic E-state index is 1.04. The maximum absolute atomic E-state index is 4.33. The zero-order valence-corrected chi connectivity index (χ0v) is 9.88. The number of rotatable bonds is 1. The van der Waals surface area contributed by atoms with Gasteiger partial charge in [0.15, 0.2) is 0 Å². The van der Waals surface area contributed by atoms with Gasteiger partial charge in [-0.3, -0.25) is 9.67 Å². The van der Waals surface area contributed by atoms with Gasteiger partial charge in [0.1, 0.15) is 0 Å². The Morgan fingerprint density at radius 1 is 1.18 bits per heavy atom. The number of aryl methyl sites for hydroxylation is 2. The third-order valence-corrected chi connectivity index (χ3v) is 2.92. The van der Waals surface area contributed by atoms with Gasteiger partial charge in [0.2, 0.25) is 0 Å². The minimum absolute atomic E-state index is 1.04. The molecular formula is C14H13N3. The van der Waals surface area contributed by atoms with E-state index in [4.69, 9.17) is 0 Å². The van der Waals surface area contributed by atoms with Gasteiger partial charge in [0, 0.05) is 36.1 Å². The fourth-order valence-corrected chi connectivity index (χ4v) is 2.09. The molecule has 0 radical (unpaired) electrons. The summed E-state index contributed by atoms with van der Waals surface area (Å²) in [4.78, 5) is 4.33. The average Bonchev–Trinajstić information content (AvgIpc) is 2.75. The molecule has 3 heteroatoms. The molecule has 3 aromatic rings. The lowest BCUT2D eigenvalue weighted by molar-refractivity contribution is 0.768. The predicted molar refractivity (Wildman–Crippen MR) is 68.7 cm³/mol. The van der Waals surface area contributed by atoms with Gasteiger partial charge in [0.25, 0.3) is 0 Å². The van der Waals surface area contributed by atoms with Crippen molar-refractivity contribution in [3.8, 4) is 11.1 Å². The number of nitrogens with zero attached hydrogens (tertiary/aromatic N) is 3. The van der Waals surface area contributed by atoms with Crippen molar-refractivity contribution >= 4 is 10.8 Å². The molecule has 0 saturated carbocycles. The molecule has 0 aliphatic rings. The molecule has 0 spiro atoms. The van der Waals surface area contributed by atoms with Crippen LogP contribution in [0.1, 0.15) is 5.69 Å². The first kappa shape index (κ1) is 10.0. The smallest absolute Gasteiger partial charge is 0.0568 e. The van der Waals surface area contributed by atoms with Crippen LogP contribution in [0.5, 0.6) is 0 Å². The largest absolute Gasteiger partial charge is 0.275 e. The molecule has 0 N–H and O–H groups in total. The van der Waals surface area contributed by atoms with Gasteiger partial charge in [0.05, 0.1) is 6.20 Å². The Kier molecular flexibility index (Phi) is 2.18. The van der Waals surface area contributed by atoms with E-state index >= 15 is 0 Å². The third-order valence-electron chi connectivity index (χ3n) is 2.92. The van der Waals surface area contributed by atoms with E-state index in [1.807, 2.05) is 37.2 Å². The number of fused-ring (bicyclic) bond motifs is 1. The second kappa shape index (κ2) is 3.70. The number of hydrogen-bond donors (Lipinski definition) is 0. The molecule has 0 saturated heterocycles. The van der Waals surface area contributed by atoms with Gasteiger partial charge in [-0.15, -0.1) is 0 Å². The molecular weight excluding hydrogens is 210 g/mol. The summed E-state index contributed by atoms with van der Waals surface area (Å²) in [6.45, 7) is 2.01. The van der Waals surface area contributed by atoms with Crippen molar-refractivity contribution in [1.29, 1.82) is 0 Å². The Bertz CT molecular complexity index is 683. The van der Waals surface area contributed by atoms with Crippen LogP contribution in [-0.4, -0.2) is 14.8 Å². The number of aromatic nitrogens is 3. The fourth-order valence-electron chi connectivity index (χ4n) is 2.09. The minimum Gasteiger partial charge on any atom is -0.275 e. The topological polar surface area (TPSA) is 30.7 Å². The summed E-state index contributed by atoms with van der Waals surface area (Å²) in [5.41, 5.74) is 3.39. The number of hydrogen-bond acceptors (Lipinski definition) is 2. The van der Waals surface area contributed by atoms with Crippen molar-refractivity contribution in [2.75, 3.05) is 0 Å². The van der Waals surface area contributed by atoms with E-state index in [-0.39, 0.29) is 0 Å². The maximum atomic E-state index is 4.33. The van der Waals surface area contributed by atoms with E-state index in [1.54, 1.807) is 0 Å². The van der Waals surface area contributed by atoms with Gasteiger partial charge in [-0.25, -0.2) is 0 Å². The molecule has 84 valence electrons. The van der Waals surface area contributed by atoms with Crippen molar-refractivity contribution in [1.82, 2.24) is 14.8 Å². The Balaban J connectivity index is 2.32. The van der Waals surface area contributed by atoms with Gasteiger partial charge < -0.3 is 0 Å². The van der Waals surface area contributed by atoms with E-state index in [1.165, 1.54) is 10.9 Å². The molecule has 1 aromatic carbocycles. The summed E-state index contributed by atoms with van der Waals surface area (Å²) in [6.07, 6.45) is 5.85. The van der Waals surface area contributed by atoms with Crippen LogP contribution in [0.25, 0.3) is 21.9 Å². The van der Waals surface area contributed by atoms with E-state index in [2.05, 4.69) is 34.3 Å².